The Balaban J connectivity index is 1.69. The van der Waals surface area contributed by atoms with Crippen molar-refractivity contribution in [2.24, 2.45) is 0 Å². The molecule has 6 heteroatoms. The Bertz CT molecular complexity index is 1050. The first kappa shape index (κ1) is 15.4. The standard InChI is InChI=1S/C20H19N5O/c1-2-6-15(7-3-1)19-16-8-4-5-9-17(16)20-22-21-18(25(20)23-19)14-24-10-12-26-13-11-24/h1-9H,10-14H2/p+1. The maximum atomic E-state index is 5.46. The minimum absolute atomic E-state index is 0.803. The molecule has 2 aromatic carbocycles. The van der Waals surface area contributed by atoms with E-state index in [9.17, 15) is 0 Å². The Morgan fingerprint density at radius 1 is 0.885 bits per heavy atom. The first-order chi connectivity index (χ1) is 12.9. The van der Waals surface area contributed by atoms with Crippen LogP contribution in [0.15, 0.2) is 54.6 Å². The lowest BCUT2D eigenvalue weighted by Gasteiger charge is -2.22. The van der Waals surface area contributed by atoms with Gasteiger partial charge in [0.25, 0.3) is 0 Å². The van der Waals surface area contributed by atoms with Gasteiger partial charge in [-0.05, 0) is 0 Å². The van der Waals surface area contributed by atoms with Crippen molar-refractivity contribution in [3.05, 3.63) is 60.4 Å². The highest BCUT2D eigenvalue weighted by Gasteiger charge is 2.20. The zero-order valence-corrected chi connectivity index (χ0v) is 14.4. The second-order valence-corrected chi connectivity index (χ2v) is 6.65. The van der Waals surface area contributed by atoms with Gasteiger partial charge in [-0.3, -0.25) is 0 Å². The first-order valence-electron chi connectivity index (χ1n) is 9.00. The maximum absolute atomic E-state index is 5.46. The molecular weight excluding hydrogens is 326 g/mol. The van der Waals surface area contributed by atoms with Crippen molar-refractivity contribution in [1.82, 2.24) is 19.8 Å². The van der Waals surface area contributed by atoms with Gasteiger partial charge in [0.15, 0.2) is 5.65 Å². The van der Waals surface area contributed by atoms with Crippen LogP contribution in [0.1, 0.15) is 5.82 Å². The second kappa shape index (κ2) is 6.48. The molecular formula is C20H20N5O+. The molecule has 26 heavy (non-hydrogen) atoms. The highest BCUT2D eigenvalue weighted by Crippen LogP contribution is 2.28. The van der Waals surface area contributed by atoms with Gasteiger partial charge in [-0.25, -0.2) is 0 Å². The summed E-state index contributed by atoms with van der Waals surface area (Å²) in [5, 5.41) is 16.0. The van der Waals surface area contributed by atoms with Crippen LogP contribution in [-0.4, -0.2) is 46.1 Å². The van der Waals surface area contributed by atoms with E-state index in [1.54, 1.807) is 0 Å². The molecule has 0 aliphatic carbocycles. The lowest BCUT2D eigenvalue weighted by atomic mass is 10.1. The number of fused-ring (bicyclic) bond motifs is 3. The summed E-state index contributed by atoms with van der Waals surface area (Å²) in [5.41, 5.74) is 2.89. The SMILES string of the molecule is c1ccc(-c2nn3c(C[NH+]4CCOCC4)nnc3c3ccccc23)cc1. The van der Waals surface area contributed by atoms with Gasteiger partial charge in [-0.15, -0.1) is 10.2 Å². The highest BCUT2D eigenvalue weighted by molar-refractivity contribution is 6.01. The van der Waals surface area contributed by atoms with Crippen LogP contribution >= 0.6 is 0 Å². The second-order valence-electron chi connectivity index (χ2n) is 6.65. The number of rotatable bonds is 3. The summed E-state index contributed by atoms with van der Waals surface area (Å²) in [5.74, 6) is 0.903. The number of hydrogen-bond acceptors (Lipinski definition) is 4. The topological polar surface area (TPSA) is 56.8 Å². The molecule has 0 atom stereocenters. The van der Waals surface area contributed by atoms with Crippen molar-refractivity contribution in [3.63, 3.8) is 0 Å². The number of aromatic nitrogens is 4. The first-order valence-corrected chi connectivity index (χ1v) is 9.00. The van der Waals surface area contributed by atoms with Gasteiger partial charge >= 0.3 is 0 Å². The Kier molecular flexibility index (Phi) is 3.84. The average Bonchev–Trinajstić information content (AvgIpc) is 3.12. The van der Waals surface area contributed by atoms with Gasteiger partial charge in [0.1, 0.15) is 19.6 Å². The molecule has 0 unspecified atom stereocenters. The summed E-state index contributed by atoms with van der Waals surface area (Å²) >= 11 is 0. The smallest absolute Gasteiger partial charge is 0.209 e. The molecule has 0 amide bonds. The number of hydrogen-bond donors (Lipinski definition) is 1. The molecule has 1 N–H and O–H groups in total. The molecule has 3 heterocycles. The van der Waals surface area contributed by atoms with Crippen LogP contribution in [0, 0.1) is 0 Å². The zero-order valence-electron chi connectivity index (χ0n) is 14.4. The number of ether oxygens (including phenoxy) is 1. The Morgan fingerprint density at radius 2 is 1.62 bits per heavy atom. The van der Waals surface area contributed by atoms with Crippen molar-refractivity contribution >= 4 is 16.4 Å². The van der Waals surface area contributed by atoms with E-state index in [2.05, 4.69) is 34.5 Å². The third kappa shape index (κ3) is 2.64. The Hall–Kier alpha value is -2.83. The quantitative estimate of drug-likeness (QED) is 0.609. The van der Waals surface area contributed by atoms with E-state index >= 15 is 0 Å². The molecule has 1 fully saturated rings. The molecule has 5 rings (SSSR count). The van der Waals surface area contributed by atoms with Crippen LogP contribution in [0.25, 0.3) is 27.7 Å². The monoisotopic (exact) mass is 346 g/mol. The summed E-state index contributed by atoms with van der Waals surface area (Å²) < 4.78 is 7.39. The number of nitrogens with one attached hydrogen (secondary N) is 1. The molecule has 1 aliphatic heterocycles. The van der Waals surface area contributed by atoms with Gasteiger partial charge in [-0.1, -0.05) is 54.6 Å². The molecule has 4 aromatic rings. The van der Waals surface area contributed by atoms with Gasteiger partial charge in [0, 0.05) is 16.3 Å². The van der Waals surface area contributed by atoms with Crippen LogP contribution in [-0.2, 0) is 11.3 Å². The van der Waals surface area contributed by atoms with E-state index in [4.69, 9.17) is 9.84 Å². The van der Waals surface area contributed by atoms with Crippen molar-refractivity contribution in [2.45, 2.75) is 6.54 Å². The summed E-state index contributed by atoms with van der Waals surface area (Å²) in [6, 6.07) is 18.6. The molecule has 130 valence electrons. The van der Waals surface area contributed by atoms with Crippen LogP contribution in [0.5, 0.6) is 0 Å². The molecule has 2 aromatic heterocycles. The van der Waals surface area contributed by atoms with E-state index in [1.165, 1.54) is 4.90 Å². The third-order valence-electron chi connectivity index (χ3n) is 4.98. The summed E-state index contributed by atoms with van der Waals surface area (Å²) in [4.78, 5) is 1.46. The lowest BCUT2D eigenvalue weighted by Crippen LogP contribution is -3.12. The maximum Gasteiger partial charge on any atom is 0.209 e. The predicted molar refractivity (Wildman–Crippen MR) is 98.9 cm³/mol. The van der Waals surface area contributed by atoms with Gasteiger partial charge < -0.3 is 9.64 Å². The van der Waals surface area contributed by atoms with Crippen molar-refractivity contribution in [2.75, 3.05) is 26.3 Å². The lowest BCUT2D eigenvalue weighted by molar-refractivity contribution is -0.922. The number of quaternary nitrogens is 1. The number of nitrogens with zero attached hydrogens (tertiary/aromatic N) is 4. The third-order valence-corrected chi connectivity index (χ3v) is 4.98. The fraction of sp³-hybridized carbons (Fsp3) is 0.250. The largest absolute Gasteiger partial charge is 0.370 e. The molecule has 6 nitrogen and oxygen atoms in total. The van der Waals surface area contributed by atoms with E-state index < -0.39 is 0 Å². The van der Waals surface area contributed by atoms with Crippen LogP contribution in [0.4, 0.5) is 0 Å². The zero-order chi connectivity index (χ0) is 17.3. The molecule has 0 radical (unpaired) electrons. The normalized spacial score (nSPS) is 15.7. The molecule has 1 saturated heterocycles. The molecule has 0 bridgehead atoms. The fourth-order valence-corrected chi connectivity index (χ4v) is 3.60. The average molecular weight is 346 g/mol. The molecule has 1 aliphatic rings. The predicted octanol–water partition coefficient (Wildman–Crippen LogP) is 1.36. The Labute approximate surface area is 151 Å². The number of morpholine rings is 1. The van der Waals surface area contributed by atoms with Gasteiger partial charge in [-0.2, -0.15) is 9.61 Å². The van der Waals surface area contributed by atoms with Crippen molar-refractivity contribution in [3.8, 4) is 11.3 Å². The van der Waals surface area contributed by atoms with Gasteiger partial charge in [0.2, 0.25) is 5.82 Å². The minimum atomic E-state index is 0.803. The number of benzene rings is 2. The summed E-state index contributed by atoms with van der Waals surface area (Å²) in [7, 11) is 0. The van der Waals surface area contributed by atoms with Crippen LogP contribution < -0.4 is 4.90 Å². The van der Waals surface area contributed by atoms with E-state index in [-0.39, 0.29) is 0 Å². The van der Waals surface area contributed by atoms with Gasteiger partial charge in [0.05, 0.1) is 18.9 Å². The fourth-order valence-electron chi connectivity index (χ4n) is 3.60. The summed E-state index contributed by atoms with van der Waals surface area (Å²) in [6.07, 6.45) is 0. The van der Waals surface area contributed by atoms with Crippen molar-refractivity contribution in [1.29, 1.82) is 0 Å². The molecule has 0 saturated carbocycles. The van der Waals surface area contributed by atoms with E-state index in [0.29, 0.717) is 0 Å². The highest BCUT2D eigenvalue weighted by atomic mass is 16.5. The van der Waals surface area contributed by atoms with E-state index in [0.717, 1.165) is 66.3 Å². The van der Waals surface area contributed by atoms with Crippen LogP contribution in [0.3, 0.4) is 0 Å². The molecule has 0 spiro atoms. The van der Waals surface area contributed by atoms with E-state index in [1.807, 2.05) is 34.8 Å². The van der Waals surface area contributed by atoms with Crippen molar-refractivity contribution < 1.29 is 9.64 Å². The Morgan fingerprint density at radius 3 is 2.42 bits per heavy atom. The minimum Gasteiger partial charge on any atom is -0.370 e. The van der Waals surface area contributed by atoms with Crippen LogP contribution in [0.2, 0.25) is 0 Å². The summed E-state index contributed by atoms with van der Waals surface area (Å²) in [6.45, 7) is 4.40.